The number of amides is 2. The summed E-state index contributed by atoms with van der Waals surface area (Å²) in [6.45, 7) is 9.06. The SMILES string of the molecule is Cc1cc(C)cc(N(CC(=O)N(Cc2c(Cl)cccc2Cl)[C@H](C)C(=O)NCC(C)C)S(=O)(=O)c2ccccc2)c1. The van der Waals surface area contributed by atoms with Crippen LogP contribution in [0.3, 0.4) is 0 Å². The van der Waals surface area contributed by atoms with Crippen molar-refractivity contribution in [1.29, 1.82) is 0 Å². The average molecular weight is 605 g/mol. The summed E-state index contributed by atoms with van der Waals surface area (Å²) < 4.78 is 28.9. The monoisotopic (exact) mass is 603 g/mol. The highest BCUT2D eigenvalue weighted by atomic mass is 35.5. The summed E-state index contributed by atoms with van der Waals surface area (Å²) in [7, 11) is -4.14. The Morgan fingerprint density at radius 1 is 0.875 bits per heavy atom. The van der Waals surface area contributed by atoms with E-state index in [-0.39, 0.29) is 23.3 Å². The molecule has 0 saturated carbocycles. The van der Waals surface area contributed by atoms with E-state index in [0.717, 1.165) is 15.4 Å². The van der Waals surface area contributed by atoms with Gasteiger partial charge in [0.1, 0.15) is 12.6 Å². The number of aryl methyl sites for hydroxylation is 2. The lowest BCUT2D eigenvalue weighted by molar-refractivity contribution is -0.139. The number of benzene rings is 3. The first kappa shape index (κ1) is 31.5. The predicted octanol–water partition coefficient (Wildman–Crippen LogP) is 6.00. The third-order valence-electron chi connectivity index (χ3n) is 6.35. The van der Waals surface area contributed by atoms with Crippen LogP contribution in [0.4, 0.5) is 5.69 Å². The number of nitrogens with zero attached hydrogens (tertiary/aromatic N) is 2. The van der Waals surface area contributed by atoms with Crippen LogP contribution in [-0.4, -0.2) is 44.3 Å². The van der Waals surface area contributed by atoms with Crippen LogP contribution in [0.2, 0.25) is 10.0 Å². The minimum absolute atomic E-state index is 0.0467. The largest absolute Gasteiger partial charge is 0.354 e. The number of carbonyl (C=O) groups is 2. The quantitative estimate of drug-likeness (QED) is 0.291. The Hall–Kier alpha value is -3.07. The molecule has 1 N–H and O–H groups in total. The first-order valence-corrected chi connectivity index (χ1v) is 15.2. The molecule has 0 spiro atoms. The third-order valence-corrected chi connectivity index (χ3v) is 8.84. The second kappa shape index (κ2) is 13.5. The number of sulfonamides is 1. The lowest BCUT2D eigenvalue weighted by Crippen LogP contribution is -2.51. The van der Waals surface area contributed by atoms with Crippen molar-refractivity contribution in [2.75, 3.05) is 17.4 Å². The van der Waals surface area contributed by atoms with Crippen LogP contribution in [0.25, 0.3) is 0 Å². The summed E-state index contributed by atoms with van der Waals surface area (Å²) in [5.41, 5.74) is 2.50. The van der Waals surface area contributed by atoms with Crippen LogP contribution in [0.15, 0.2) is 71.6 Å². The van der Waals surface area contributed by atoms with Crippen molar-refractivity contribution in [2.45, 2.75) is 52.1 Å². The molecule has 0 aliphatic rings. The summed E-state index contributed by atoms with van der Waals surface area (Å²) in [5.74, 6) is -0.745. The molecule has 40 heavy (non-hydrogen) atoms. The standard InChI is InChI=1S/C30H35Cl2N3O4S/c1-20(2)17-33-30(37)23(5)34(18-26-27(31)12-9-13-28(26)32)29(36)19-35(24-15-21(3)14-22(4)16-24)40(38,39)25-10-7-6-8-11-25/h6-16,20,23H,17-19H2,1-5H3,(H,33,37)/t23-/m1/s1. The maximum absolute atomic E-state index is 14.0. The van der Waals surface area contributed by atoms with Crippen molar-refractivity contribution in [2.24, 2.45) is 5.92 Å². The lowest BCUT2D eigenvalue weighted by Gasteiger charge is -2.32. The van der Waals surface area contributed by atoms with Gasteiger partial charge in [0, 0.05) is 28.7 Å². The summed E-state index contributed by atoms with van der Waals surface area (Å²) in [6, 6.07) is 17.4. The zero-order valence-electron chi connectivity index (χ0n) is 23.3. The van der Waals surface area contributed by atoms with Gasteiger partial charge < -0.3 is 10.2 Å². The fraction of sp³-hybridized carbons (Fsp3) is 0.333. The summed E-state index contributed by atoms with van der Waals surface area (Å²) in [5, 5.41) is 3.53. The van der Waals surface area contributed by atoms with Crippen molar-refractivity contribution in [3.63, 3.8) is 0 Å². The van der Waals surface area contributed by atoms with Crippen LogP contribution in [0.1, 0.15) is 37.5 Å². The predicted molar refractivity (Wildman–Crippen MR) is 161 cm³/mol. The van der Waals surface area contributed by atoms with Gasteiger partial charge in [0.25, 0.3) is 10.0 Å². The minimum atomic E-state index is -4.14. The zero-order chi connectivity index (χ0) is 29.6. The molecule has 0 bridgehead atoms. The molecule has 214 valence electrons. The zero-order valence-corrected chi connectivity index (χ0v) is 25.6. The number of nitrogens with one attached hydrogen (secondary N) is 1. The third kappa shape index (κ3) is 7.77. The number of hydrogen-bond donors (Lipinski definition) is 1. The molecule has 0 saturated heterocycles. The van der Waals surface area contributed by atoms with E-state index >= 15 is 0 Å². The van der Waals surface area contributed by atoms with Gasteiger partial charge in [-0.2, -0.15) is 0 Å². The fourth-order valence-corrected chi connectivity index (χ4v) is 6.17. The van der Waals surface area contributed by atoms with Crippen LogP contribution < -0.4 is 9.62 Å². The highest BCUT2D eigenvalue weighted by Crippen LogP contribution is 2.29. The van der Waals surface area contributed by atoms with E-state index < -0.39 is 28.5 Å². The molecule has 0 fully saturated rings. The normalized spacial score (nSPS) is 12.2. The maximum atomic E-state index is 14.0. The van der Waals surface area contributed by atoms with Crippen LogP contribution >= 0.6 is 23.2 Å². The molecule has 0 aromatic heterocycles. The second-order valence-electron chi connectivity index (χ2n) is 10.2. The topological polar surface area (TPSA) is 86.8 Å². The van der Waals surface area contributed by atoms with Gasteiger partial charge >= 0.3 is 0 Å². The van der Waals surface area contributed by atoms with E-state index in [2.05, 4.69) is 5.32 Å². The number of rotatable bonds is 11. The van der Waals surface area contributed by atoms with E-state index in [9.17, 15) is 18.0 Å². The van der Waals surface area contributed by atoms with Crippen molar-refractivity contribution >= 4 is 50.7 Å². The molecule has 0 aliphatic carbocycles. The number of anilines is 1. The molecule has 3 rings (SSSR count). The van der Waals surface area contributed by atoms with E-state index in [1.165, 1.54) is 17.0 Å². The summed E-state index contributed by atoms with van der Waals surface area (Å²) in [6.07, 6.45) is 0. The van der Waals surface area contributed by atoms with Gasteiger partial charge in [-0.1, -0.05) is 67.4 Å². The summed E-state index contributed by atoms with van der Waals surface area (Å²) >= 11 is 12.9. The Balaban J connectivity index is 2.07. The molecule has 3 aromatic carbocycles. The molecule has 0 heterocycles. The first-order valence-electron chi connectivity index (χ1n) is 13.0. The second-order valence-corrected chi connectivity index (χ2v) is 12.9. The average Bonchev–Trinajstić information content (AvgIpc) is 2.89. The van der Waals surface area contributed by atoms with Gasteiger partial charge in [-0.25, -0.2) is 8.42 Å². The van der Waals surface area contributed by atoms with Gasteiger partial charge in [0.2, 0.25) is 11.8 Å². The molecule has 7 nitrogen and oxygen atoms in total. The molecular formula is C30H35Cl2N3O4S. The van der Waals surface area contributed by atoms with E-state index in [1.807, 2.05) is 33.8 Å². The van der Waals surface area contributed by atoms with Gasteiger partial charge in [-0.3, -0.25) is 13.9 Å². The fourth-order valence-electron chi connectivity index (χ4n) is 4.23. The molecule has 0 radical (unpaired) electrons. The van der Waals surface area contributed by atoms with Crippen LogP contribution in [0, 0.1) is 19.8 Å². The van der Waals surface area contributed by atoms with Crippen molar-refractivity contribution in [1.82, 2.24) is 10.2 Å². The molecule has 2 amide bonds. The van der Waals surface area contributed by atoms with Crippen LogP contribution in [-0.2, 0) is 26.2 Å². The van der Waals surface area contributed by atoms with Crippen molar-refractivity contribution < 1.29 is 18.0 Å². The van der Waals surface area contributed by atoms with E-state index in [4.69, 9.17) is 23.2 Å². The smallest absolute Gasteiger partial charge is 0.264 e. The molecule has 0 unspecified atom stereocenters. The maximum Gasteiger partial charge on any atom is 0.264 e. The number of carbonyl (C=O) groups excluding carboxylic acids is 2. The van der Waals surface area contributed by atoms with E-state index in [0.29, 0.717) is 27.8 Å². The van der Waals surface area contributed by atoms with Crippen molar-refractivity contribution in [3.05, 3.63) is 93.5 Å². The Kier molecular flexibility index (Phi) is 10.6. The summed E-state index contributed by atoms with van der Waals surface area (Å²) in [4.78, 5) is 28.5. The molecule has 1 atom stereocenters. The lowest BCUT2D eigenvalue weighted by atomic mass is 10.1. The Morgan fingerprint density at radius 2 is 1.45 bits per heavy atom. The van der Waals surface area contributed by atoms with Crippen LogP contribution in [0.5, 0.6) is 0 Å². The minimum Gasteiger partial charge on any atom is -0.354 e. The van der Waals surface area contributed by atoms with E-state index in [1.54, 1.807) is 55.5 Å². The van der Waals surface area contributed by atoms with Gasteiger partial charge in [0.15, 0.2) is 0 Å². The highest BCUT2D eigenvalue weighted by molar-refractivity contribution is 7.92. The first-order chi connectivity index (χ1) is 18.8. The Morgan fingerprint density at radius 3 is 2.00 bits per heavy atom. The van der Waals surface area contributed by atoms with Gasteiger partial charge in [-0.05, 0) is 74.2 Å². The Labute approximate surface area is 247 Å². The number of halogens is 2. The van der Waals surface area contributed by atoms with Gasteiger partial charge in [-0.15, -0.1) is 0 Å². The van der Waals surface area contributed by atoms with Gasteiger partial charge in [0.05, 0.1) is 10.6 Å². The Bertz CT molecular complexity index is 1420. The molecule has 3 aromatic rings. The van der Waals surface area contributed by atoms with Crippen molar-refractivity contribution in [3.8, 4) is 0 Å². The molecule has 10 heteroatoms. The number of hydrogen-bond acceptors (Lipinski definition) is 4. The molecule has 0 aliphatic heterocycles. The molecular weight excluding hydrogens is 569 g/mol. The highest BCUT2D eigenvalue weighted by Gasteiger charge is 2.33.